The highest BCUT2D eigenvalue weighted by Gasteiger charge is 2.09. The first-order chi connectivity index (χ1) is 16.0. The van der Waals surface area contributed by atoms with E-state index in [2.05, 4.69) is 10.4 Å². The van der Waals surface area contributed by atoms with Crippen LogP contribution in [0.2, 0.25) is 0 Å². The van der Waals surface area contributed by atoms with Crippen LogP contribution in [0.25, 0.3) is 11.3 Å². The van der Waals surface area contributed by atoms with E-state index in [9.17, 15) is 9.59 Å². The van der Waals surface area contributed by atoms with Gasteiger partial charge in [-0.05, 0) is 55.5 Å². The van der Waals surface area contributed by atoms with E-state index in [4.69, 9.17) is 18.9 Å². The number of ether oxygens (including phenoxy) is 4. The van der Waals surface area contributed by atoms with Crippen molar-refractivity contribution in [2.45, 2.75) is 13.5 Å². The second kappa shape index (κ2) is 11.6. The number of nitrogens with zero attached hydrogens (tertiary/aromatic N) is 2. The molecule has 9 heteroatoms. The van der Waals surface area contributed by atoms with Gasteiger partial charge in [0.15, 0.2) is 18.1 Å². The smallest absolute Gasteiger partial charge is 0.266 e. The molecule has 174 valence electrons. The maximum Gasteiger partial charge on any atom is 0.266 e. The number of benzene rings is 2. The zero-order valence-corrected chi connectivity index (χ0v) is 18.9. The lowest BCUT2D eigenvalue weighted by Crippen LogP contribution is -2.34. The third-order valence-electron chi connectivity index (χ3n) is 4.70. The van der Waals surface area contributed by atoms with Gasteiger partial charge in [-0.1, -0.05) is 0 Å². The van der Waals surface area contributed by atoms with Gasteiger partial charge in [-0.25, -0.2) is 4.68 Å². The SMILES string of the molecule is CCOc1ccc(OCC(=O)NCCn2nc(-c3ccc(OC)c(OC)c3)ccc2=O)cc1. The summed E-state index contributed by atoms with van der Waals surface area (Å²) in [5.74, 6) is 2.17. The summed E-state index contributed by atoms with van der Waals surface area (Å²) in [6.45, 7) is 2.80. The molecule has 33 heavy (non-hydrogen) atoms. The molecule has 0 atom stereocenters. The Morgan fingerprint density at radius 1 is 0.939 bits per heavy atom. The van der Waals surface area contributed by atoms with Gasteiger partial charge in [-0.2, -0.15) is 5.10 Å². The van der Waals surface area contributed by atoms with Gasteiger partial charge in [0.2, 0.25) is 0 Å². The zero-order chi connectivity index (χ0) is 23.6. The third kappa shape index (κ3) is 6.49. The van der Waals surface area contributed by atoms with Gasteiger partial charge in [0, 0.05) is 18.2 Å². The molecule has 0 aliphatic carbocycles. The first-order valence-electron chi connectivity index (χ1n) is 10.5. The Morgan fingerprint density at radius 3 is 2.30 bits per heavy atom. The molecule has 3 rings (SSSR count). The maximum absolute atomic E-state index is 12.2. The van der Waals surface area contributed by atoms with Gasteiger partial charge in [0.05, 0.1) is 33.1 Å². The van der Waals surface area contributed by atoms with Gasteiger partial charge in [0.1, 0.15) is 11.5 Å². The number of aromatic nitrogens is 2. The predicted molar refractivity (Wildman–Crippen MR) is 123 cm³/mol. The molecule has 3 aromatic rings. The lowest BCUT2D eigenvalue weighted by molar-refractivity contribution is -0.123. The second-order valence-corrected chi connectivity index (χ2v) is 6.89. The van der Waals surface area contributed by atoms with E-state index >= 15 is 0 Å². The van der Waals surface area contributed by atoms with Crippen LogP contribution in [0, 0.1) is 0 Å². The molecular formula is C24H27N3O6. The van der Waals surface area contributed by atoms with E-state index in [-0.39, 0.29) is 31.2 Å². The highest BCUT2D eigenvalue weighted by molar-refractivity contribution is 5.77. The van der Waals surface area contributed by atoms with Crippen LogP contribution in [0.3, 0.4) is 0 Å². The fourth-order valence-electron chi connectivity index (χ4n) is 3.06. The Balaban J connectivity index is 1.55. The van der Waals surface area contributed by atoms with Crippen LogP contribution < -0.4 is 29.8 Å². The standard InChI is InChI=1S/C24H27N3O6/c1-4-32-18-6-8-19(9-7-18)33-16-23(28)25-13-14-27-24(29)12-10-20(26-27)17-5-11-21(30-2)22(15-17)31-3/h5-12,15H,4,13-14,16H2,1-3H3,(H,25,28). The quantitative estimate of drug-likeness (QED) is 0.476. The Kier molecular flexibility index (Phi) is 8.29. The fourth-order valence-corrected chi connectivity index (χ4v) is 3.06. The molecular weight excluding hydrogens is 426 g/mol. The van der Waals surface area contributed by atoms with Gasteiger partial charge in [-0.15, -0.1) is 0 Å². The summed E-state index contributed by atoms with van der Waals surface area (Å²) < 4.78 is 22.7. The van der Waals surface area contributed by atoms with Crippen molar-refractivity contribution < 1.29 is 23.7 Å². The van der Waals surface area contributed by atoms with Crippen LogP contribution in [0.15, 0.2) is 59.4 Å². The highest BCUT2D eigenvalue weighted by atomic mass is 16.5. The Hall–Kier alpha value is -4.01. The first kappa shape index (κ1) is 23.6. The summed E-state index contributed by atoms with van der Waals surface area (Å²) in [6, 6.07) is 15.5. The van der Waals surface area contributed by atoms with Gasteiger partial charge in [0.25, 0.3) is 11.5 Å². The summed E-state index contributed by atoms with van der Waals surface area (Å²) in [5, 5.41) is 7.13. The van der Waals surface area contributed by atoms with Crippen molar-refractivity contribution in [3.8, 4) is 34.3 Å². The molecule has 0 saturated carbocycles. The van der Waals surface area contributed by atoms with Crippen molar-refractivity contribution in [2.75, 3.05) is 34.0 Å². The summed E-state index contributed by atoms with van der Waals surface area (Å²) >= 11 is 0. The van der Waals surface area contributed by atoms with Crippen molar-refractivity contribution in [3.05, 3.63) is 65.0 Å². The molecule has 1 heterocycles. The van der Waals surface area contributed by atoms with E-state index in [0.29, 0.717) is 29.5 Å². The average molecular weight is 453 g/mol. The first-order valence-corrected chi connectivity index (χ1v) is 10.5. The minimum absolute atomic E-state index is 0.137. The van der Waals surface area contributed by atoms with Crippen molar-refractivity contribution in [3.63, 3.8) is 0 Å². The number of carbonyl (C=O) groups is 1. The van der Waals surface area contributed by atoms with E-state index in [1.807, 2.05) is 13.0 Å². The van der Waals surface area contributed by atoms with Crippen molar-refractivity contribution >= 4 is 5.91 Å². The second-order valence-electron chi connectivity index (χ2n) is 6.89. The molecule has 0 unspecified atom stereocenters. The largest absolute Gasteiger partial charge is 0.494 e. The summed E-state index contributed by atoms with van der Waals surface area (Å²) in [7, 11) is 3.12. The monoisotopic (exact) mass is 453 g/mol. The van der Waals surface area contributed by atoms with E-state index in [0.717, 1.165) is 11.3 Å². The number of methoxy groups -OCH3 is 2. The molecule has 0 aliphatic heterocycles. The van der Waals surface area contributed by atoms with E-state index in [1.54, 1.807) is 56.7 Å². The normalized spacial score (nSPS) is 10.4. The van der Waals surface area contributed by atoms with Crippen LogP contribution in [0.1, 0.15) is 6.92 Å². The molecule has 1 amide bonds. The zero-order valence-electron chi connectivity index (χ0n) is 18.9. The number of carbonyl (C=O) groups excluding carboxylic acids is 1. The molecule has 0 spiro atoms. The van der Waals surface area contributed by atoms with Crippen molar-refractivity contribution in [1.82, 2.24) is 15.1 Å². The van der Waals surface area contributed by atoms with Crippen molar-refractivity contribution in [1.29, 1.82) is 0 Å². The molecule has 1 aromatic heterocycles. The maximum atomic E-state index is 12.2. The van der Waals surface area contributed by atoms with Gasteiger partial charge < -0.3 is 24.3 Å². The van der Waals surface area contributed by atoms with Crippen LogP contribution in [-0.4, -0.2) is 49.7 Å². The van der Waals surface area contributed by atoms with E-state index < -0.39 is 0 Å². The number of rotatable bonds is 11. The molecule has 0 fully saturated rings. The Labute approximate surface area is 191 Å². The lowest BCUT2D eigenvalue weighted by atomic mass is 10.1. The highest BCUT2D eigenvalue weighted by Crippen LogP contribution is 2.31. The van der Waals surface area contributed by atoms with E-state index in [1.165, 1.54) is 10.7 Å². The molecule has 0 aliphatic rings. The van der Waals surface area contributed by atoms with Crippen LogP contribution in [0.5, 0.6) is 23.0 Å². The molecule has 1 N–H and O–H groups in total. The van der Waals surface area contributed by atoms with Crippen LogP contribution in [0.4, 0.5) is 0 Å². The number of nitrogens with one attached hydrogen (secondary N) is 1. The summed E-state index contributed by atoms with van der Waals surface area (Å²) in [6.07, 6.45) is 0. The summed E-state index contributed by atoms with van der Waals surface area (Å²) in [5.41, 5.74) is 1.11. The number of hydrogen-bond donors (Lipinski definition) is 1. The molecule has 0 radical (unpaired) electrons. The minimum atomic E-state index is -0.298. The topological polar surface area (TPSA) is 101 Å². The third-order valence-corrected chi connectivity index (χ3v) is 4.70. The number of hydrogen-bond acceptors (Lipinski definition) is 7. The molecule has 0 saturated heterocycles. The molecule has 2 aromatic carbocycles. The Morgan fingerprint density at radius 2 is 1.64 bits per heavy atom. The van der Waals surface area contributed by atoms with Crippen molar-refractivity contribution in [2.24, 2.45) is 0 Å². The average Bonchev–Trinajstić information content (AvgIpc) is 2.84. The molecule has 9 nitrogen and oxygen atoms in total. The van der Waals surface area contributed by atoms with Crippen LogP contribution in [-0.2, 0) is 11.3 Å². The van der Waals surface area contributed by atoms with Crippen LogP contribution >= 0.6 is 0 Å². The fraction of sp³-hybridized carbons (Fsp3) is 0.292. The summed E-state index contributed by atoms with van der Waals surface area (Å²) in [4.78, 5) is 24.3. The predicted octanol–water partition coefficient (Wildman–Crippen LogP) is 2.52. The molecule has 0 bridgehead atoms. The number of amides is 1. The minimum Gasteiger partial charge on any atom is -0.494 e. The van der Waals surface area contributed by atoms with Gasteiger partial charge >= 0.3 is 0 Å². The van der Waals surface area contributed by atoms with Gasteiger partial charge in [-0.3, -0.25) is 9.59 Å². The lowest BCUT2D eigenvalue weighted by Gasteiger charge is -2.11. The Bertz CT molecular complexity index is 1130.